The van der Waals surface area contributed by atoms with Crippen LogP contribution in [0, 0.1) is 17.1 Å². The molecule has 0 unspecified atom stereocenters. The number of para-hydroxylation sites is 1. The van der Waals surface area contributed by atoms with E-state index in [1.807, 2.05) is 6.07 Å². The Labute approximate surface area is 193 Å². The van der Waals surface area contributed by atoms with Crippen molar-refractivity contribution in [3.8, 4) is 11.8 Å². The zero-order valence-corrected chi connectivity index (χ0v) is 18.1. The Balaban J connectivity index is 1.92. The van der Waals surface area contributed by atoms with Crippen molar-refractivity contribution in [3.63, 3.8) is 0 Å². The van der Waals surface area contributed by atoms with Crippen LogP contribution in [-0.2, 0) is 11.4 Å². The predicted molar refractivity (Wildman–Crippen MR) is 121 cm³/mol. The highest BCUT2D eigenvalue weighted by atomic mass is 35.5. The number of anilines is 1. The third-order valence-corrected chi connectivity index (χ3v) is 4.98. The number of hydrogen-bond donors (Lipinski definition) is 1. The van der Waals surface area contributed by atoms with Crippen LogP contribution in [0.3, 0.4) is 0 Å². The van der Waals surface area contributed by atoms with E-state index in [1.54, 1.807) is 42.5 Å². The Morgan fingerprint density at radius 1 is 1.06 bits per heavy atom. The second-order valence-electron chi connectivity index (χ2n) is 6.29. The van der Waals surface area contributed by atoms with E-state index < -0.39 is 11.7 Å². The molecule has 0 heterocycles. The Morgan fingerprint density at radius 2 is 1.77 bits per heavy atom. The van der Waals surface area contributed by atoms with Crippen molar-refractivity contribution >= 4 is 52.5 Å². The molecular formula is C23H14Cl3FN2O2. The van der Waals surface area contributed by atoms with Gasteiger partial charge in [0, 0.05) is 16.1 Å². The molecule has 0 bridgehead atoms. The van der Waals surface area contributed by atoms with Crippen molar-refractivity contribution in [3.05, 3.63) is 98.2 Å². The Kier molecular flexibility index (Phi) is 7.54. The van der Waals surface area contributed by atoms with Gasteiger partial charge in [0.1, 0.15) is 29.8 Å². The Morgan fingerprint density at radius 3 is 2.48 bits per heavy atom. The molecule has 31 heavy (non-hydrogen) atoms. The molecule has 156 valence electrons. The monoisotopic (exact) mass is 474 g/mol. The first kappa shape index (κ1) is 22.6. The lowest BCUT2D eigenvalue weighted by atomic mass is 10.1. The van der Waals surface area contributed by atoms with Crippen molar-refractivity contribution in [2.45, 2.75) is 6.61 Å². The van der Waals surface area contributed by atoms with Crippen LogP contribution in [0.2, 0.25) is 15.1 Å². The summed E-state index contributed by atoms with van der Waals surface area (Å²) in [5, 5.41) is 12.8. The van der Waals surface area contributed by atoms with Crippen molar-refractivity contribution in [1.29, 1.82) is 5.26 Å². The summed E-state index contributed by atoms with van der Waals surface area (Å²) in [6, 6.07) is 17.6. The Hall–Kier alpha value is -3.04. The topological polar surface area (TPSA) is 62.1 Å². The van der Waals surface area contributed by atoms with Crippen molar-refractivity contribution in [2.75, 3.05) is 5.32 Å². The number of benzene rings is 3. The van der Waals surface area contributed by atoms with Gasteiger partial charge in [0.05, 0.1) is 15.7 Å². The van der Waals surface area contributed by atoms with Gasteiger partial charge in [-0.05, 0) is 36.4 Å². The van der Waals surface area contributed by atoms with Gasteiger partial charge in [-0.15, -0.1) is 0 Å². The van der Waals surface area contributed by atoms with Crippen LogP contribution < -0.4 is 10.1 Å². The first-order valence-corrected chi connectivity index (χ1v) is 10.1. The zero-order valence-electron chi connectivity index (χ0n) is 15.8. The fraction of sp³-hybridized carbons (Fsp3) is 0.0435. The molecule has 8 heteroatoms. The summed E-state index contributed by atoms with van der Waals surface area (Å²) in [7, 11) is 0. The van der Waals surface area contributed by atoms with Gasteiger partial charge >= 0.3 is 0 Å². The molecule has 0 spiro atoms. The molecule has 0 saturated heterocycles. The van der Waals surface area contributed by atoms with Crippen LogP contribution >= 0.6 is 34.8 Å². The lowest BCUT2D eigenvalue weighted by Crippen LogP contribution is -2.13. The van der Waals surface area contributed by atoms with Crippen LogP contribution in [0.15, 0.2) is 66.2 Å². The van der Waals surface area contributed by atoms with E-state index in [-0.39, 0.29) is 28.0 Å². The third-order valence-electron chi connectivity index (χ3n) is 4.15. The van der Waals surface area contributed by atoms with E-state index in [9.17, 15) is 14.4 Å². The smallest absolute Gasteiger partial charge is 0.266 e. The molecule has 0 aliphatic rings. The molecule has 0 atom stereocenters. The largest absolute Gasteiger partial charge is 0.487 e. The third kappa shape index (κ3) is 5.77. The highest BCUT2D eigenvalue weighted by Crippen LogP contribution is 2.35. The van der Waals surface area contributed by atoms with E-state index in [0.717, 1.165) is 0 Å². The number of carbonyl (C=O) groups is 1. The van der Waals surface area contributed by atoms with Gasteiger partial charge in [-0.1, -0.05) is 65.1 Å². The van der Waals surface area contributed by atoms with Crippen LogP contribution in [0.25, 0.3) is 6.08 Å². The SMILES string of the molecule is N#C/C(=C\c1cc(Cl)cc(Cl)c1OCc1ccccc1F)C(=O)Nc1ccccc1Cl. The van der Waals surface area contributed by atoms with Gasteiger partial charge < -0.3 is 10.1 Å². The number of nitriles is 1. The molecule has 1 N–H and O–H groups in total. The maximum atomic E-state index is 13.9. The van der Waals surface area contributed by atoms with Gasteiger partial charge in [-0.25, -0.2) is 4.39 Å². The van der Waals surface area contributed by atoms with Crippen molar-refractivity contribution in [2.24, 2.45) is 0 Å². The second kappa shape index (κ2) is 10.3. The molecule has 0 aliphatic heterocycles. The predicted octanol–water partition coefficient (Wildman–Crippen LogP) is 6.91. The molecule has 0 aromatic heterocycles. The van der Waals surface area contributed by atoms with E-state index in [4.69, 9.17) is 39.5 Å². The van der Waals surface area contributed by atoms with Gasteiger partial charge in [0.2, 0.25) is 0 Å². The highest BCUT2D eigenvalue weighted by molar-refractivity contribution is 6.36. The summed E-state index contributed by atoms with van der Waals surface area (Å²) in [5.74, 6) is -0.944. The maximum Gasteiger partial charge on any atom is 0.266 e. The molecule has 3 rings (SSSR count). The minimum Gasteiger partial charge on any atom is -0.487 e. The number of rotatable bonds is 6. The summed E-state index contributed by atoms with van der Waals surface area (Å²) in [6.07, 6.45) is 1.29. The average molecular weight is 476 g/mol. The fourth-order valence-electron chi connectivity index (χ4n) is 2.66. The first-order chi connectivity index (χ1) is 14.9. The van der Waals surface area contributed by atoms with Crippen molar-refractivity contribution in [1.82, 2.24) is 0 Å². The number of amides is 1. The van der Waals surface area contributed by atoms with Gasteiger partial charge in [0.15, 0.2) is 0 Å². The lowest BCUT2D eigenvalue weighted by molar-refractivity contribution is -0.112. The number of nitrogens with one attached hydrogen (secondary N) is 1. The number of halogens is 4. The summed E-state index contributed by atoms with van der Waals surface area (Å²) < 4.78 is 19.6. The first-order valence-electron chi connectivity index (χ1n) is 8.92. The molecule has 3 aromatic rings. The standard InChI is InChI=1S/C23H14Cl3FN2O2/c24-17-10-15(9-16(12-28)23(30)29-21-8-4-2-6-18(21)25)22(19(26)11-17)31-13-14-5-1-3-7-20(14)27/h1-11H,13H2,(H,29,30)/b16-9+. The number of ether oxygens (including phenoxy) is 1. The van der Waals surface area contributed by atoms with E-state index in [2.05, 4.69) is 5.32 Å². The summed E-state index contributed by atoms with van der Waals surface area (Å²) >= 11 is 18.4. The molecule has 3 aromatic carbocycles. The fourth-order valence-corrected chi connectivity index (χ4v) is 3.41. The molecule has 0 aliphatic carbocycles. The van der Waals surface area contributed by atoms with E-state index >= 15 is 0 Å². The normalized spacial score (nSPS) is 11.0. The molecule has 0 fully saturated rings. The maximum absolute atomic E-state index is 13.9. The molecular weight excluding hydrogens is 462 g/mol. The number of nitrogens with zero attached hydrogens (tertiary/aromatic N) is 1. The van der Waals surface area contributed by atoms with E-state index in [0.29, 0.717) is 21.8 Å². The van der Waals surface area contributed by atoms with Crippen LogP contribution in [0.5, 0.6) is 5.75 Å². The van der Waals surface area contributed by atoms with Crippen LogP contribution in [-0.4, -0.2) is 5.91 Å². The molecule has 0 saturated carbocycles. The lowest BCUT2D eigenvalue weighted by Gasteiger charge is -2.13. The minimum atomic E-state index is -0.674. The van der Waals surface area contributed by atoms with Crippen LogP contribution in [0.4, 0.5) is 10.1 Å². The second-order valence-corrected chi connectivity index (χ2v) is 7.54. The molecule has 1 amide bonds. The minimum absolute atomic E-state index is 0.109. The highest BCUT2D eigenvalue weighted by Gasteiger charge is 2.16. The molecule has 0 radical (unpaired) electrons. The van der Waals surface area contributed by atoms with Gasteiger partial charge in [-0.2, -0.15) is 5.26 Å². The Bertz CT molecular complexity index is 1210. The zero-order chi connectivity index (χ0) is 22.4. The van der Waals surface area contributed by atoms with Crippen LogP contribution in [0.1, 0.15) is 11.1 Å². The van der Waals surface area contributed by atoms with Gasteiger partial charge in [0.25, 0.3) is 5.91 Å². The van der Waals surface area contributed by atoms with Crippen molar-refractivity contribution < 1.29 is 13.9 Å². The summed E-state index contributed by atoms with van der Waals surface area (Å²) in [5.41, 5.74) is 0.740. The number of hydrogen-bond acceptors (Lipinski definition) is 3. The van der Waals surface area contributed by atoms with E-state index in [1.165, 1.54) is 24.3 Å². The molecule has 4 nitrogen and oxygen atoms in total. The van der Waals surface area contributed by atoms with Gasteiger partial charge in [-0.3, -0.25) is 4.79 Å². The number of carbonyl (C=O) groups excluding carboxylic acids is 1. The average Bonchev–Trinajstić information content (AvgIpc) is 2.74. The quantitative estimate of drug-likeness (QED) is 0.311. The summed E-state index contributed by atoms with van der Waals surface area (Å²) in [6.45, 7) is -0.109. The summed E-state index contributed by atoms with van der Waals surface area (Å²) in [4.78, 5) is 12.6.